The van der Waals surface area contributed by atoms with Crippen molar-refractivity contribution in [1.29, 1.82) is 0 Å². The first-order chi connectivity index (χ1) is 43.4. The molecule has 4 aromatic heterocycles. The Morgan fingerprint density at radius 1 is 0.250 bits per heavy atom. The summed E-state index contributed by atoms with van der Waals surface area (Å²) < 4.78 is 5.35. The summed E-state index contributed by atoms with van der Waals surface area (Å²) in [5, 5.41) is 10.4. The van der Waals surface area contributed by atoms with Gasteiger partial charge in [0.1, 0.15) is 0 Å². The molecule has 2 aliphatic rings. The van der Waals surface area contributed by atoms with Crippen LogP contribution in [0.15, 0.2) is 194 Å². The molecule has 0 N–H and O–H groups in total. The van der Waals surface area contributed by atoms with Gasteiger partial charge in [0.2, 0.25) is 0 Å². The van der Waals surface area contributed by atoms with Crippen molar-refractivity contribution >= 4 is 76.2 Å². The maximum atomic E-state index is 2.71. The van der Waals surface area contributed by atoms with Crippen LogP contribution in [0.3, 0.4) is 0 Å². The number of fused-ring (bicyclic) bond motifs is 21. The summed E-state index contributed by atoms with van der Waals surface area (Å²) in [6.45, 7) is 42.5. The molecule has 0 bridgehead atoms. The van der Waals surface area contributed by atoms with Crippen LogP contribution in [0.1, 0.15) is 181 Å². The van der Waals surface area contributed by atoms with Crippen LogP contribution in [0.5, 0.6) is 0 Å². The monoisotopic (exact) mass is 1200 g/mol. The number of aromatic nitrogens is 2. The molecule has 14 aromatic rings. The van der Waals surface area contributed by atoms with E-state index in [0.29, 0.717) is 0 Å². The molecule has 0 saturated carbocycles. The third-order valence-corrected chi connectivity index (χ3v) is 21.4. The molecule has 2 atom stereocenters. The van der Waals surface area contributed by atoms with Gasteiger partial charge in [-0.05, 0) is 187 Å². The Kier molecular flexibility index (Phi) is 12.3. The Labute approximate surface area is 545 Å². The summed E-state index contributed by atoms with van der Waals surface area (Å²) in [4.78, 5) is 0. The molecule has 458 valence electrons. The molecule has 10 aromatic carbocycles. The fraction of sp³-hybridized carbons (Fsp3) is 0.289. The van der Waals surface area contributed by atoms with Gasteiger partial charge in [0, 0.05) is 54.9 Å². The van der Waals surface area contributed by atoms with E-state index < -0.39 is 0 Å². The van der Waals surface area contributed by atoms with Crippen molar-refractivity contribution < 1.29 is 0 Å². The van der Waals surface area contributed by atoms with E-state index in [9.17, 15) is 0 Å². The minimum Gasteiger partial charge on any atom is -0.308 e. The molecule has 16 rings (SSSR count). The molecule has 0 fully saturated rings. The standard InChI is InChI=1S/C90H88N2/c1-85(2,3)57-35-53(36-58(45-57)86(4,5)6)51-31-33-77-71(41-51)74-50-80-81(82-75-42-52(32-34-78(75)91(77)84(74)82)54-37-59(87(7,8)9)46-60(38-54)88(10,11)12)76-44-56(55-39-61(89(13,14)15)47-62(40-55)90(16,17)18)43-73-72-48-69-67-29-23-21-27-65(67)63-25-19-20-26-64(63)66-28-22-24-30-68(66)70(69)49-79(72)92(80)83(73)76/h19-50,65,67H,1-18H3. The van der Waals surface area contributed by atoms with Gasteiger partial charge in [-0.3, -0.25) is 0 Å². The molecule has 0 saturated heterocycles. The van der Waals surface area contributed by atoms with Crippen LogP contribution in [0.25, 0.3) is 132 Å². The largest absolute Gasteiger partial charge is 0.308 e. The smallest absolute Gasteiger partial charge is 0.0628 e. The van der Waals surface area contributed by atoms with E-state index in [1.165, 1.54) is 176 Å². The van der Waals surface area contributed by atoms with Crippen molar-refractivity contribution in [3.05, 3.63) is 239 Å². The average Bonchev–Trinajstić information content (AvgIpc) is 1.50. The Hall–Kier alpha value is -8.72. The molecule has 2 nitrogen and oxygen atoms in total. The summed E-state index contributed by atoms with van der Waals surface area (Å²) in [5.74, 6) is 0.322. The molecule has 2 aliphatic carbocycles. The second-order valence-electron chi connectivity index (χ2n) is 33.9. The Balaban J connectivity index is 1.09. The molecule has 2 unspecified atom stereocenters. The fourth-order valence-electron chi connectivity index (χ4n) is 15.9. The highest BCUT2D eigenvalue weighted by Gasteiger charge is 2.34. The molecule has 0 amide bonds. The van der Waals surface area contributed by atoms with Crippen LogP contribution < -0.4 is 0 Å². The van der Waals surface area contributed by atoms with Crippen molar-refractivity contribution in [2.24, 2.45) is 0 Å². The lowest BCUT2D eigenvalue weighted by molar-refractivity contribution is 0.568. The topological polar surface area (TPSA) is 8.82 Å². The van der Waals surface area contributed by atoms with Crippen LogP contribution >= 0.6 is 0 Å². The second kappa shape index (κ2) is 19.4. The average molecular weight is 1200 g/mol. The zero-order chi connectivity index (χ0) is 64.4. The first-order valence-corrected chi connectivity index (χ1v) is 33.9. The predicted octanol–water partition coefficient (Wildman–Crippen LogP) is 25.4. The van der Waals surface area contributed by atoms with Crippen molar-refractivity contribution in [3.63, 3.8) is 0 Å². The molecule has 2 heteroatoms. The normalized spacial score (nSPS) is 15.8. The van der Waals surface area contributed by atoms with Gasteiger partial charge < -0.3 is 8.80 Å². The Morgan fingerprint density at radius 2 is 0.630 bits per heavy atom. The van der Waals surface area contributed by atoms with Crippen LogP contribution in [0.2, 0.25) is 0 Å². The summed E-state index contributed by atoms with van der Waals surface area (Å²) >= 11 is 0. The Morgan fingerprint density at radius 3 is 1.14 bits per heavy atom. The molecular weight excluding hydrogens is 1110 g/mol. The van der Waals surface area contributed by atoms with Crippen LogP contribution in [-0.4, -0.2) is 8.80 Å². The van der Waals surface area contributed by atoms with Gasteiger partial charge in [-0.2, -0.15) is 0 Å². The molecular formula is C90H88N2. The molecule has 4 heterocycles. The van der Waals surface area contributed by atoms with Gasteiger partial charge in [0.15, 0.2) is 0 Å². The zero-order valence-electron chi connectivity index (χ0n) is 57.5. The van der Waals surface area contributed by atoms with E-state index in [4.69, 9.17) is 0 Å². The zero-order valence-corrected chi connectivity index (χ0v) is 57.5. The van der Waals surface area contributed by atoms with Crippen LogP contribution in [0, 0.1) is 0 Å². The second-order valence-corrected chi connectivity index (χ2v) is 33.9. The first kappa shape index (κ1) is 58.4. The minimum absolute atomic E-state index is 0.0165. The Bertz CT molecular complexity index is 5400. The van der Waals surface area contributed by atoms with Gasteiger partial charge in [-0.1, -0.05) is 264 Å². The summed E-state index contributed by atoms with van der Waals surface area (Å²) in [7, 11) is 0. The highest BCUT2D eigenvalue weighted by atomic mass is 14.9. The molecule has 0 radical (unpaired) electrons. The lowest BCUT2D eigenvalue weighted by atomic mass is 9.71. The van der Waals surface area contributed by atoms with Gasteiger partial charge >= 0.3 is 0 Å². The number of allylic oxidation sites excluding steroid dienone is 4. The highest BCUT2D eigenvalue weighted by molar-refractivity contribution is 6.38. The van der Waals surface area contributed by atoms with Gasteiger partial charge in [-0.15, -0.1) is 0 Å². The van der Waals surface area contributed by atoms with E-state index in [2.05, 4.69) is 328 Å². The summed E-state index contributed by atoms with van der Waals surface area (Å²) in [6, 6.07) is 68.5. The number of nitrogens with zero attached hydrogens (tertiary/aromatic N) is 2. The predicted molar refractivity (Wildman–Crippen MR) is 399 cm³/mol. The third kappa shape index (κ3) is 8.92. The quantitative estimate of drug-likeness (QED) is 0.167. The third-order valence-electron chi connectivity index (χ3n) is 21.4. The maximum Gasteiger partial charge on any atom is 0.0628 e. The first-order valence-electron chi connectivity index (χ1n) is 33.9. The van der Waals surface area contributed by atoms with Crippen molar-refractivity contribution in [1.82, 2.24) is 8.80 Å². The fourth-order valence-corrected chi connectivity index (χ4v) is 15.9. The maximum absolute atomic E-state index is 2.71. The van der Waals surface area contributed by atoms with E-state index >= 15 is 0 Å². The molecule has 0 spiro atoms. The number of hydrogen-bond donors (Lipinski definition) is 0. The van der Waals surface area contributed by atoms with Crippen molar-refractivity contribution in [2.75, 3.05) is 0 Å². The van der Waals surface area contributed by atoms with E-state index in [-0.39, 0.29) is 44.3 Å². The summed E-state index contributed by atoms with van der Waals surface area (Å²) in [6.07, 6.45) is 9.48. The lowest BCUT2D eigenvalue weighted by Gasteiger charge is -2.32. The van der Waals surface area contributed by atoms with E-state index in [1.807, 2.05) is 0 Å². The van der Waals surface area contributed by atoms with Crippen molar-refractivity contribution in [3.8, 4) is 55.6 Å². The van der Waals surface area contributed by atoms with Crippen LogP contribution in [0.4, 0.5) is 0 Å². The summed E-state index contributed by atoms with van der Waals surface area (Å²) in [5.41, 5.74) is 31.0. The number of rotatable bonds is 3. The van der Waals surface area contributed by atoms with E-state index in [1.54, 1.807) is 0 Å². The van der Waals surface area contributed by atoms with E-state index in [0.717, 1.165) is 0 Å². The highest BCUT2D eigenvalue weighted by Crippen LogP contribution is 2.55. The lowest BCUT2D eigenvalue weighted by Crippen LogP contribution is -2.16. The van der Waals surface area contributed by atoms with Gasteiger partial charge in [0.25, 0.3) is 0 Å². The molecule has 0 aliphatic heterocycles. The van der Waals surface area contributed by atoms with Crippen LogP contribution in [-0.2, 0) is 32.5 Å². The van der Waals surface area contributed by atoms with Gasteiger partial charge in [0.05, 0.1) is 33.1 Å². The SMILES string of the molecule is CC(C)(C)c1cc(-c2ccc3c(c2)c2cc4c(c5cc(-c6cc(C(C)(C)C)cc(C(C)(C)C)c6)cc6c7cc8c(cc7n4c65)-c4ccccc4-c4ccccc4C4C=CC=CC84)c4c5cc(-c6cc(C(C)(C)C)cc(C(C)(C)C)c6)ccc5n3c24)cc(C(C)(C)C)c1. The van der Waals surface area contributed by atoms with Crippen molar-refractivity contribution in [2.45, 2.75) is 169 Å². The van der Waals surface area contributed by atoms with Gasteiger partial charge in [-0.25, -0.2) is 0 Å². The number of benzene rings is 10. The minimum atomic E-state index is -0.0558. The molecule has 92 heavy (non-hydrogen) atoms. The number of hydrogen-bond acceptors (Lipinski definition) is 0.